The van der Waals surface area contributed by atoms with E-state index in [2.05, 4.69) is 101 Å². The van der Waals surface area contributed by atoms with Crippen LogP contribution in [0, 0.1) is 5.82 Å². The molecular weight excluding hydrogens is 407 g/mol. The lowest BCUT2D eigenvalue weighted by Crippen LogP contribution is -2.28. The molecular formula is C30H25FN2. The molecule has 33 heavy (non-hydrogen) atoms. The zero-order valence-corrected chi connectivity index (χ0v) is 18.5. The molecule has 1 heterocycles. The SMILES string of the molecule is CC(Cc1ccccc1)(c1ccccc1)c1ccccc1-n1ccnc1-c1ccc(F)cc1. The minimum Gasteiger partial charge on any atom is -0.300 e. The molecule has 0 saturated heterocycles. The highest BCUT2D eigenvalue weighted by atomic mass is 19.1. The van der Waals surface area contributed by atoms with Crippen molar-refractivity contribution in [3.63, 3.8) is 0 Å². The third-order valence-electron chi connectivity index (χ3n) is 6.31. The topological polar surface area (TPSA) is 17.8 Å². The number of hydrogen-bond donors (Lipinski definition) is 0. The van der Waals surface area contributed by atoms with Crippen LogP contribution in [0.4, 0.5) is 4.39 Å². The van der Waals surface area contributed by atoms with Crippen molar-refractivity contribution in [2.75, 3.05) is 0 Å². The highest BCUT2D eigenvalue weighted by Crippen LogP contribution is 2.39. The summed E-state index contributed by atoms with van der Waals surface area (Å²) in [4.78, 5) is 4.61. The summed E-state index contributed by atoms with van der Waals surface area (Å²) >= 11 is 0. The number of benzene rings is 4. The van der Waals surface area contributed by atoms with Crippen molar-refractivity contribution in [2.45, 2.75) is 18.8 Å². The van der Waals surface area contributed by atoms with Gasteiger partial charge in [-0.3, -0.25) is 4.57 Å². The molecule has 2 nitrogen and oxygen atoms in total. The predicted molar refractivity (Wildman–Crippen MR) is 132 cm³/mol. The fraction of sp³-hybridized carbons (Fsp3) is 0.100. The van der Waals surface area contributed by atoms with Crippen LogP contribution in [-0.4, -0.2) is 9.55 Å². The Morgan fingerprint density at radius 2 is 1.39 bits per heavy atom. The number of rotatable bonds is 6. The second-order valence-electron chi connectivity index (χ2n) is 8.51. The van der Waals surface area contributed by atoms with Gasteiger partial charge in [-0.1, -0.05) is 85.8 Å². The van der Waals surface area contributed by atoms with Crippen LogP contribution in [0.5, 0.6) is 0 Å². The highest BCUT2D eigenvalue weighted by molar-refractivity contribution is 5.61. The van der Waals surface area contributed by atoms with Crippen molar-refractivity contribution in [3.05, 3.63) is 144 Å². The number of nitrogens with zero attached hydrogens (tertiary/aromatic N) is 2. The van der Waals surface area contributed by atoms with Crippen molar-refractivity contribution in [1.82, 2.24) is 9.55 Å². The minimum absolute atomic E-state index is 0.253. The van der Waals surface area contributed by atoms with E-state index in [0.29, 0.717) is 0 Å². The molecule has 5 rings (SSSR count). The first kappa shape index (κ1) is 20.9. The van der Waals surface area contributed by atoms with E-state index < -0.39 is 0 Å². The number of hydrogen-bond acceptors (Lipinski definition) is 1. The summed E-state index contributed by atoms with van der Waals surface area (Å²) in [5.41, 5.74) is 5.41. The van der Waals surface area contributed by atoms with Gasteiger partial charge >= 0.3 is 0 Å². The molecule has 1 aromatic heterocycles. The normalized spacial score (nSPS) is 12.9. The monoisotopic (exact) mass is 432 g/mol. The third-order valence-corrected chi connectivity index (χ3v) is 6.31. The van der Waals surface area contributed by atoms with Gasteiger partial charge in [0.15, 0.2) is 0 Å². The molecule has 0 bridgehead atoms. The Morgan fingerprint density at radius 1 is 0.758 bits per heavy atom. The maximum absolute atomic E-state index is 13.5. The van der Waals surface area contributed by atoms with E-state index in [1.807, 2.05) is 6.20 Å². The van der Waals surface area contributed by atoms with Gasteiger partial charge in [0.25, 0.3) is 0 Å². The summed E-state index contributed by atoms with van der Waals surface area (Å²) in [7, 11) is 0. The molecule has 162 valence electrons. The van der Waals surface area contributed by atoms with E-state index in [1.54, 1.807) is 18.3 Å². The van der Waals surface area contributed by atoms with Crippen LogP contribution in [0.1, 0.15) is 23.6 Å². The zero-order chi connectivity index (χ0) is 22.7. The van der Waals surface area contributed by atoms with Gasteiger partial charge in [0, 0.05) is 23.4 Å². The average Bonchev–Trinajstić information content (AvgIpc) is 3.35. The lowest BCUT2D eigenvalue weighted by Gasteiger charge is -2.33. The van der Waals surface area contributed by atoms with Crippen LogP contribution >= 0.6 is 0 Å². The fourth-order valence-corrected chi connectivity index (χ4v) is 4.62. The minimum atomic E-state index is -0.274. The first-order valence-corrected chi connectivity index (χ1v) is 11.1. The molecule has 5 aromatic rings. The average molecular weight is 433 g/mol. The molecule has 0 amide bonds. The Balaban J connectivity index is 1.69. The maximum atomic E-state index is 13.5. The van der Waals surface area contributed by atoms with Crippen LogP contribution in [0.15, 0.2) is 122 Å². The largest absolute Gasteiger partial charge is 0.300 e. The predicted octanol–water partition coefficient (Wildman–Crippen LogP) is 7.23. The first-order chi connectivity index (χ1) is 16.1. The van der Waals surface area contributed by atoms with Crippen molar-refractivity contribution in [2.24, 2.45) is 0 Å². The molecule has 0 aliphatic rings. The van der Waals surface area contributed by atoms with Crippen LogP contribution in [0.3, 0.4) is 0 Å². The second-order valence-corrected chi connectivity index (χ2v) is 8.51. The Kier molecular flexibility index (Phi) is 5.62. The van der Waals surface area contributed by atoms with E-state index in [-0.39, 0.29) is 11.2 Å². The zero-order valence-electron chi connectivity index (χ0n) is 18.5. The molecule has 1 unspecified atom stereocenters. The van der Waals surface area contributed by atoms with Gasteiger partial charge in [-0.25, -0.2) is 9.37 Å². The van der Waals surface area contributed by atoms with Gasteiger partial charge in [-0.15, -0.1) is 0 Å². The lowest BCUT2D eigenvalue weighted by atomic mass is 9.71. The standard InChI is InChI=1S/C30H25FN2/c1-30(25-12-6-3-7-13-25,22-23-10-4-2-5-11-23)27-14-8-9-15-28(27)33-21-20-32-29(33)24-16-18-26(31)19-17-24/h2-21H,22H2,1H3. The second kappa shape index (κ2) is 8.87. The van der Waals surface area contributed by atoms with Gasteiger partial charge in [0.1, 0.15) is 11.6 Å². The number of halogens is 1. The van der Waals surface area contributed by atoms with Crippen LogP contribution in [0.2, 0.25) is 0 Å². The summed E-state index contributed by atoms with van der Waals surface area (Å²) in [6.45, 7) is 2.31. The van der Waals surface area contributed by atoms with Crippen molar-refractivity contribution in [1.29, 1.82) is 0 Å². The van der Waals surface area contributed by atoms with Crippen LogP contribution < -0.4 is 0 Å². The fourth-order valence-electron chi connectivity index (χ4n) is 4.62. The molecule has 0 spiro atoms. The number of aromatic nitrogens is 2. The number of para-hydroxylation sites is 1. The van der Waals surface area contributed by atoms with E-state index in [0.717, 1.165) is 23.5 Å². The molecule has 1 atom stereocenters. The summed E-state index contributed by atoms with van der Waals surface area (Å²) in [6, 6.07) is 36.3. The van der Waals surface area contributed by atoms with Gasteiger partial charge in [-0.2, -0.15) is 0 Å². The Labute approximate surface area is 194 Å². The van der Waals surface area contributed by atoms with Gasteiger partial charge in [-0.05, 0) is 53.4 Å². The highest BCUT2D eigenvalue weighted by Gasteiger charge is 2.32. The van der Waals surface area contributed by atoms with Gasteiger partial charge < -0.3 is 0 Å². The molecule has 0 aliphatic carbocycles. The molecule has 3 heteroatoms. The molecule has 0 fully saturated rings. The van der Waals surface area contributed by atoms with E-state index in [9.17, 15) is 4.39 Å². The Morgan fingerprint density at radius 3 is 2.12 bits per heavy atom. The van der Waals surface area contributed by atoms with Crippen molar-refractivity contribution >= 4 is 0 Å². The summed E-state index contributed by atoms with van der Waals surface area (Å²) in [5, 5.41) is 0. The lowest BCUT2D eigenvalue weighted by molar-refractivity contribution is 0.564. The molecule has 0 N–H and O–H groups in total. The summed E-state index contributed by atoms with van der Waals surface area (Å²) in [6.07, 6.45) is 4.63. The molecule has 0 saturated carbocycles. The van der Waals surface area contributed by atoms with Crippen molar-refractivity contribution < 1.29 is 4.39 Å². The van der Waals surface area contributed by atoms with E-state index in [4.69, 9.17) is 0 Å². The maximum Gasteiger partial charge on any atom is 0.144 e. The summed E-state index contributed by atoms with van der Waals surface area (Å²) < 4.78 is 15.6. The first-order valence-electron chi connectivity index (χ1n) is 11.1. The van der Waals surface area contributed by atoms with E-state index >= 15 is 0 Å². The molecule has 0 aliphatic heterocycles. The van der Waals surface area contributed by atoms with Crippen LogP contribution in [0.25, 0.3) is 17.1 Å². The third kappa shape index (κ3) is 4.10. The van der Waals surface area contributed by atoms with E-state index in [1.165, 1.54) is 28.8 Å². The van der Waals surface area contributed by atoms with Crippen LogP contribution in [-0.2, 0) is 11.8 Å². The quantitative estimate of drug-likeness (QED) is 0.277. The summed E-state index contributed by atoms with van der Waals surface area (Å²) in [5.74, 6) is 0.536. The Hall–Kier alpha value is -3.98. The number of imidazole rings is 1. The molecule has 4 aromatic carbocycles. The van der Waals surface area contributed by atoms with Crippen molar-refractivity contribution in [3.8, 4) is 17.1 Å². The Bertz CT molecular complexity index is 1340. The smallest absolute Gasteiger partial charge is 0.144 e. The molecule has 0 radical (unpaired) electrons. The van der Waals surface area contributed by atoms with Gasteiger partial charge in [0.2, 0.25) is 0 Å². The van der Waals surface area contributed by atoms with Gasteiger partial charge in [0.05, 0.1) is 5.69 Å².